The number of aromatic nitrogens is 4. The molecule has 0 aliphatic carbocycles. The predicted octanol–water partition coefficient (Wildman–Crippen LogP) is 4.50. The van der Waals surface area contributed by atoms with E-state index in [1.807, 2.05) is 47.1 Å². The molecule has 2 aromatic carbocycles. The summed E-state index contributed by atoms with van der Waals surface area (Å²) in [7, 11) is 1.68. The van der Waals surface area contributed by atoms with Gasteiger partial charge in [0.25, 0.3) is 0 Å². The summed E-state index contributed by atoms with van der Waals surface area (Å²) in [6.07, 6.45) is 2.84. The predicted molar refractivity (Wildman–Crippen MR) is 124 cm³/mol. The lowest BCUT2D eigenvalue weighted by atomic mass is 10.2. The van der Waals surface area contributed by atoms with Crippen LogP contribution >= 0.6 is 0 Å². The molecule has 0 saturated heterocycles. The van der Waals surface area contributed by atoms with Crippen LogP contribution in [0.2, 0.25) is 0 Å². The van der Waals surface area contributed by atoms with Gasteiger partial charge in [0.15, 0.2) is 5.82 Å². The third kappa shape index (κ3) is 4.36. The first-order chi connectivity index (χ1) is 15.8. The number of fused-ring (bicyclic) bond motifs is 7. The van der Waals surface area contributed by atoms with E-state index >= 15 is 0 Å². The van der Waals surface area contributed by atoms with Gasteiger partial charge in [-0.05, 0) is 37.5 Å². The Bertz CT molecular complexity index is 1220. The molecule has 3 heterocycles. The lowest BCUT2D eigenvalue weighted by Gasteiger charge is -2.14. The second-order valence-electron chi connectivity index (χ2n) is 7.74. The Kier molecular flexibility index (Phi) is 5.85. The highest BCUT2D eigenvalue weighted by Crippen LogP contribution is 2.27. The van der Waals surface area contributed by atoms with E-state index in [1.54, 1.807) is 7.11 Å². The fourth-order valence-corrected chi connectivity index (χ4v) is 3.88. The molecule has 0 fully saturated rings. The minimum Gasteiger partial charge on any atom is -0.493 e. The molecule has 4 bridgehead atoms. The Labute approximate surface area is 186 Å². The molecule has 2 N–H and O–H groups in total. The molecule has 0 unspecified atom stereocenters. The molecule has 0 saturated carbocycles. The van der Waals surface area contributed by atoms with Crippen molar-refractivity contribution in [2.45, 2.75) is 32.5 Å². The summed E-state index contributed by atoms with van der Waals surface area (Å²) in [6.45, 7) is 1.63. The maximum absolute atomic E-state index is 6.09. The molecule has 5 rings (SSSR count). The van der Waals surface area contributed by atoms with Gasteiger partial charge in [-0.2, -0.15) is 10.1 Å². The number of nitrogens with zero attached hydrogens (tertiary/aromatic N) is 4. The van der Waals surface area contributed by atoms with E-state index < -0.39 is 0 Å². The van der Waals surface area contributed by atoms with Crippen molar-refractivity contribution in [3.8, 4) is 5.75 Å². The summed E-state index contributed by atoms with van der Waals surface area (Å²) in [6, 6.07) is 18.1. The average molecular weight is 431 g/mol. The van der Waals surface area contributed by atoms with Gasteiger partial charge in [0.1, 0.15) is 18.3 Å². The van der Waals surface area contributed by atoms with E-state index in [2.05, 4.69) is 27.9 Å². The number of ether oxygens (including phenoxy) is 2. The van der Waals surface area contributed by atoms with Gasteiger partial charge in [-0.3, -0.25) is 0 Å². The van der Waals surface area contributed by atoms with Crippen molar-refractivity contribution in [3.63, 3.8) is 0 Å². The summed E-state index contributed by atoms with van der Waals surface area (Å²) in [5.74, 6) is 2.88. The zero-order chi connectivity index (χ0) is 21.8. The van der Waals surface area contributed by atoms with Gasteiger partial charge in [-0.1, -0.05) is 30.3 Å². The van der Waals surface area contributed by atoms with E-state index in [1.165, 1.54) is 0 Å². The van der Waals surface area contributed by atoms with Crippen LogP contribution in [0.15, 0.2) is 54.6 Å². The molecule has 8 heteroatoms. The molecule has 8 nitrogen and oxygen atoms in total. The Morgan fingerprint density at radius 2 is 1.94 bits per heavy atom. The Balaban J connectivity index is 1.55. The molecule has 32 heavy (non-hydrogen) atoms. The Hall–Kier alpha value is -3.65. The first-order valence-corrected chi connectivity index (χ1v) is 10.8. The van der Waals surface area contributed by atoms with Gasteiger partial charge in [0.2, 0.25) is 5.95 Å². The SMILES string of the molecule is COCn1nc2cc1CCCCOc1ccccc1CNc1nc(c3ccccc3n1)N2. The van der Waals surface area contributed by atoms with Crippen molar-refractivity contribution in [2.75, 3.05) is 24.4 Å². The molecule has 164 valence electrons. The number of benzene rings is 2. The molecule has 2 aromatic heterocycles. The first-order valence-electron chi connectivity index (χ1n) is 10.8. The van der Waals surface area contributed by atoms with Gasteiger partial charge < -0.3 is 20.1 Å². The zero-order valence-electron chi connectivity index (χ0n) is 18.0. The van der Waals surface area contributed by atoms with E-state index in [-0.39, 0.29) is 0 Å². The Morgan fingerprint density at radius 1 is 1.06 bits per heavy atom. The number of nitrogens with one attached hydrogen (secondary N) is 2. The number of anilines is 3. The van der Waals surface area contributed by atoms with Crippen LogP contribution in [0.5, 0.6) is 5.75 Å². The topological polar surface area (TPSA) is 86.1 Å². The molecule has 0 atom stereocenters. The van der Waals surface area contributed by atoms with Crippen molar-refractivity contribution in [3.05, 3.63) is 65.9 Å². The number of hydrogen-bond donors (Lipinski definition) is 2. The fourth-order valence-electron chi connectivity index (χ4n) is 3.88. The van der Waals surface area contributed by atoms with E-state index in [9.17, 15) is 0 Å². The highest BCUT2D eigenvalue weighted by Gasteiger charge is 2.13. The smallest absolute Gasteiger partial charge is 0.225 e. The molecule has 4 aromatic rings. The third-order valence-corrected chi connectivity index (χ3v) is 5.46. The second kappa shape index (κ2) is 9.23. The van der Waals surface area contributed by atoms with Gasteiger partial charge in [-0.25, -0.2) is 9.67 Å². The molecular formula is C24H26N6O2. The van der Waals surface area contributed by atoms with Crippen LogP contribution in [0.1, 0.15) is 24.1 Å². The summed E-state index contributed by atoms with van der Waals surface area (Å²) >= 11 is 0. The minimum atomic E-state index is 0.401. The van der Waals surface area contributed by atoms with E-state index in [0.29, 0.717) is 31.6 Å². The number of hydrogen-bond acceptors (Lipinski definition) is 7. The lowest BCUT2D eigenvalue weighted by molar-refractivity contribution is 0.118. The van der Waals surface area contributed by atoms with Crippen molar-refractivity contribution in [1.29, 1.82) is 0 Å². The van der Waals surface area contributed by atoms with E-state index in [4.69, 9.17) is 19.4 Å². The number of rotatable bonds is 2. The molecular weight excluding hydrogens is 404 g/mol. The van der Waals surface area contributed by atoms with Gasteiger partial charge in [-0.15, -0.1) is 0 Å². The maximum atomic E-state index is 6.09. The maximum Gasteiger partial charge on any atom is 0.225 e. The van der Waals surface area contributed by atoms with Crippen LogP contribution in [0.4, 0.5) is 17.6 Å². The first kappa shape index (κ1) is 20.3. The van der Waals surface area contributed by atoms with Crippen molar-refractivity contribution >= 4 is 28.5 Å². The van der Waals surface area contributed by atoms with Crippen LogP contribution in [-0.4, -0.2) is 33.5 Å². The fraction of sp³-hybridized carbons (Fsp3) is 0.292. The molecule has 0 spiro atoms. The normalized spacial score (nSPS) is 14.2. The molecule has 1 aliphatic heterocycles. The van der Waals surface area contributed by atoms with Crippen molar-refractivity contribution < 1.29 is 9.47 Å². The summed E-state index contributed by atoms with van der Waals surface area (Å²) in [5.41, 5.74) is 3.04. The van der Waals surface area contributed by atoms with Crippen LogP contribution in [0, 0.1) is 0 Å². The monoisotopic (exact) mass is 430 g/mol. The number of para-hydroxylation sites is 2. The van der Waals surface area contributed by atoms with Crippen LogP contribution in [0.25, 0.3) is 10.9 Å². The number of aryl methyl sites for hydroxylation is 1. The Morgan fingerprint density at radius 3 is 2.88 bits per heavy atom. The summed E-state index contributed by atoms with van der Waals surface area (Å²) < 4.78 is 13.3. The number of methoxy groups -OCH3 is 1. The van der Waals surface area contributed by atoms with Crippen molar-refractivity contribution in [2.24, 2.45) is 0 Å². The van der Waals surface area contributed by atoms with Crippen molar-refractivity contribution in [1.82, 2.24) is 19.7 Å². The lowest BCUT2D eigenvalue weighted by Crippen LogP contribution is -2.08. The standard InChI is InChI=1S/C24H26N6O2/c1-31-16-30-18-9-6-7-13-32-21-12-5-2-8-17(21)15-25-24-26-20-11-4-3-10-19(20)23(28-24)27-22(14-18)29-30/h2-5,8,10-12,14H,6-7,9,13,15-16H2,1H3,(H2,25,26,27,28,29). The molecule has 0 amide bonds. The van der Waals surface area contributed by atoms with Gasteiger partial charge >= 0.3 is 0 Å². The second-order valence-corrected chi connectivity index (χ2v) is 7.74. The zero-order valence-corrected chi connectivity index (χ0v) is 18.0. The summed E-state index contributed by atoms with van der Waals surface area (Å²) in [4.78, 5) is 9.46. The average Bonchev–Trinajstić information content (AvgIpc) is 3.19. The van der Waals surface area contributed by atoms with Crippen LogP contribution < -0.4 is 15.4 Å². The minimum absolute atomic E-state index is 0.401. The van der Waals surface area contributed by atoms with E-state index in [0.717, 1.165) is 53.0 Å². The highest BCUT2D eigenvalue weighted by molar-refractivity contribution is 5.91. The highest BCUT2D eigenvalue weighted by atomic mass is 16.5. The third-order valence-electron chi connectivity index (χ3n) is 5.46. The van der Waals surface area contributed by atoms with Gasteiger partial charge in [0, 0.05) is 36.4 Å². The van der Waals surface area contributed by atoms with Crippen LogP contribution in [-0.2, 0) is 24.4 Å². The van der Waals surface area contributed by atoms with Crippen LogP contribution in [0.3, 0.4) is 0 Å². The molecule has 1 aliphatic rings. The quantitative estimate of drug-likeness (QED) is 0.484. The molecule has 0 radical (unpaired) electrons. The largest absolute Gasteiger partial charge is 0.493 e. The summed E-state index contributed by atoms with van der Waals surface area (Å²) in [5, 5.41) is 12.4. The van der Waals surface area contributed by atoms with Gasteiger partial charge in [0.05, 0.1) is 12.1 Å².